The first-order valence-corrected chi connectivity index (χ1v) is 14.0. The molecule has 34 heavy (non-hydrogen) atoms. The first kappa shape index (κ1) is 21.4. The Morgan fingerprint density at radius 3 is 2.38 bits per heavy atom. The zero-order valence-electron chi connectivity index (χ0n) is 18.2. The van der Waals surface area contributed by atoms with Gasteiger partial charge in [-0.3, -0.25) is 14.5 Å². The molecule has 2 aliphatic heterocycles. The van der Waals surface area contributed by atoms with Crippen molar-refractivity contribution in [2.24, 2.45) is 29.6 Å². The van der Waals surface area contributed by atoms with E-state index in [0.717, 1.165) is 21.0 Å². The molecule has 0 radical (unpaired) electrons. The molecular formula is C26H21ClN2O2S3. The van der Waals surface area contributed by atoms with E-state index in [2.05, 4.69) is 17.1 Å². The fourth-order valence-corrected chi connectivity index (χ4v) is 10.5. The van der Waals surface area contributed by atoms with Crippen LogP contribution in [0.25, 0.3) is 0 Å². The molecular weight excluding hydrogens is 504 g/mol. The number of fused-ring (bicyclic) bond motifs is 9. The molecule has 2 bridgehead atoms. The highest BCUT2D eigenvalue weighted by Crippen LogP contribution is 2.69. The van der Waals surface area contributed by atoms with E-state index >= 15 is 0 Å². The fourth-order valence-electron chi connectivity index (χ4n) is 7.01. The number of H-pyrrole nitrogens is 1. The normalized spacial score (nSPS) is 33.2. The van der Waals surface area contributed by atoms with Gasteiger partial charge in [0.25, 0.3) is 0 Å². The van der Waals surface area contributed by atoms with Crippen molar-refractivity contribution in [3.8, 4) is 0 Å². The van der Waals surface area contributed by atoms with Crippen LogP contribution in [0.3, 0.4) is 0 Å². The smallest absolute Gasteiger partial charge is 0.238 e. The number of nitrogens with one attached hydrogen (secondary N) is 1. The van der Waals surface area contributed by atoms with Crippen LogP contribution in [-0.4, -0.2) is 22.0 Å². The number of thioether (sulfide) groups is 1. The van der Waals surface area contributed by atoms with Crippen LogP contribution in [0.5, 0.6) is 0 Å². The second-order valence-electron chi connectivity index (χ2n) is 9.86. The highest BCUT2D eigenvalue weighted by atomic mass is 35.5. The van der Waals surface area contributed by atoms with Gasteiger partial charge in [0.15, 0.2) is 3.95 Å². The summed E-state index contributed by atoms with van der Waals surface area (Å²) in [5.41, 5.74) is 3.02. The molecule has 8 heteroatoms. The maximum absolute atomic E-state index is 13.7. The third kappa shape index (κ3) is 2.87. The molecule has 2 aliphatic carbocycles. The number of anilines is 1. The van der Waals surface area contributed by atoms with Crippen LogP contribution in [-0.2, 0) is 9.59 Å². The summed E-state index contributed by atoms with van der Waals surface area (Å²) >= 11 is 15.2. The number of thiazole rings is 1. The lowest BCUT2D eigenvalue weighted by Crippen LogP contribution is -2.42. The van der Waals surface area contributed by atoms with E-state index in [4.69, 9.17) is 23.8 Å². The van der Waals surface area contributed by atoms with Crippen molar-refractivity contribution >= 4 is 64.4 Å². The van der Waals surface area contributed by atoms with Crippen LogP contribution in [0, 0.1) is 40.5 Å². The van der Waals surface area contributed by atoms with Crippen LogP contribution >= 0.6 is 46.9 Å². The van der Waals surface area contributed by atoms with Crippen molar-refractivity contribution in [1.82, 2.24) is 4.98 Å². The molecule has 3 fully saturated rings. The van der Waals surface area contributed by atoms with E-state index in [-0.39, 0.29) is 46.7 Å². The second kappa shape index (κ2) is 7.53. The summed E-state index contributed by atoms with van der Waals surface area (Å²) in [7, 11) is 0. The van der Waals surface area contributed by atoms with Crippen molar-refractivity contribution < 1.29 is 9.59 Å². The fraction of sp³-hybridized carbons (Fsp3) is 0.346. The number of benzene rings is 2. The highest BCUT2D eigenvalue weighted by Gasteiger charge is 2.69. The van der Waals surface area contributed by atoms with Gasteiger partial charge in [0.05, 0.1) is 22.5 Å². The molecule has 2 saturated carbocycles. The van der Waals surface area contributed by atoms with Crippen LogP contribution in [0.15, 0.2) is 53.6 Å². The predicted octanol–water partition coefficient (Wildman–Crippen LogP) is 6.45. The lowest BCUT2D eigenvalue weighted by Gasteiger charge is -2.43. The van der Waals surface area contributed by atoms with Crippen LogP contribution < -0.4 is 4.90 Å². The zero-order valence-corrected chi connectivity index (χ0v) is 21.4. The van der Waals surface area contributed by atoms with E-state index in [0.29, 0.717) is 16.6 Å². The van der Waals surface area contributed by atoms with Gasteiger partial charge in [-0.05, 0) is 73.1 Å². The number of aromatic nitrogens is 1. The van der Waals surface area contributed by atoms with Crippen molar-refractivity contribution in [3.63, 3.8) is 0 Å². The van der Waals surface area contributed by atoms with Gasteiger partial charge in [0.2, 0.25) is 11.8 Å². The SMILES string of the molecule is Cc1ccc(N2C(=O)C3C4CC(C3C2=O)C2C(c3ccc(Cl)cc3)c3sc(=S)[nH]c3SC42)cc1. The van der Waals surface area contributed by atoms with Gasteiger partial charge in [-0.25, -0.2) is 0 Å². The zero-order chi connectivity index (χ0) is 23.3. The summed E-state index contributed by atoms with van der Waals surface area (Å²) in [5.74, 6) is 0.343. The van der Waals surface area contributed by atoms with Gasteiger partial charge in [-0.2, -0.15) is 0 Å². The highest BCUT2D eigenvalue weighted by molar-refractivity contribution is 8.00. The Balaban J connectivity index is 1.32. The van der Waals surface area contributed by atoms with Crippen molar-refractivity contribution in [2.75, 3.05) is 4.90 Å². The Morgan fingerprint density at radius 2 is 1.68 bits per heavy atom. The quantitative estimate of drug-likeness (QED) is 0.309. The maximum atomic E-state index is 13.7. The summed E-state index contributed by atoms with van der Waals surface area (Å²) in [5, 5.41) is 2.13. The van der Waals surface area contributed by atoms with Crippen LogP contribution in [0.1, 0.15) is 28.3 Å². The molecule has 3 heterocycles. The molecule has 1 aromatic heterocycles. The largest absolute Gasteiger partial charge is 0.332 e. The number of hydrogen-bond donors (Lipinski definition) is 1. The number of nitrogens with zero attached hydrogens (tertiary/aromatic N) is 1. The Morgan fingerprint density at radius 1 is 1.00 bits per heavy atom. The van der Waals surface area contributed by atoms with Crippen molar-refractivity contribution in [3.05, 3.63) is 73.5 Å². The summed E-state index contributed by atoms with van der Waals surface area (Å²) in [4.78, 5) is 33.5. The Labute approximate surface area is 215 Å². The third-order valence-electron chi connectivity index (χ3n) is 8.25. The number of amides is 2. The van der Waals surface area contributed by atoms with E-state index in [1.54, 1.807) is 11.3 Å². The number of halogens is 1. The second-order valence-corrected chi connectivity index (χ2v) is 13.2. The average molecular weight is 525 g/mol. The maximum Gasteiger partial charge on any atom is 0.238 e. The minimum atomic E-state index is -0.232. The molecule has 4 nitrogen and oxygen atoms in total. The molecule has 2 aromatic carbocycles. The van der Waals surface area contributed by atoms with E-state index in [1.165, 1.54) is 15.3 Å². The van der Waals surface area contributed by atoms with Crippen LogP contribution in [0.4, 0.5) is 5.69 Å². The number of carbonyl (C=O) groups excluding carboxylic acids is 2. The topological polar surface area (TPSA) is 53.2 Å². The molecule has 0 spiro atoms. The minimum absolute atomic E-state index is 0.0162. The number of carbonyl (C=O) groups is 2. The molecule has 7 atom stereocenters. The van der Waals surface area contributed by atoms with Gasteiger partial charge in [-0.15, -0.1) is 23.1 Å². The molecule has 4 aliphatic rings. The Hall–Kier alpha value is -1.93. The van der Waals surface area contributed by atoms with E-state index in [9.17, 15) is 9.59 Å². The monoisotopic (exact) mass is 524 g/mol. The van der Waals surface area contributed by atoms with Gasteiger partial charge in [-0.1, -0.05) is 41.4 Å². The number of hydrogen-bond acceptors (Lipinski definition) is 5. The lowest BCUT2D eigenvalue weighted by atomic mass is 9.68. The van der Waals surface area contributed by atoms with Gasteiger partial charge >= 0.3 is 0 Å². The summed E-state index contributed by atoms with van der Waals surface area (Å²) in [6.07, 6.45) is 0.941. The molecule has 7 rings (SSSR count). The van der Waals surface area contributed by atoms with Gasteiger partial charge in [0.1, 0.15) is 0 Å². The summed E-state index contributed by atoms with van der Waals surface area (Å²) < 4.78 is 0.779. The first-order chi connectivity index (χ1) is 16.4. The molecule has 7 unspecified atom stereocenters. The first-order valence-electron chi connectivity index (χ1n) is 11.5. The summed E-state index contributed by atoms with van der Waals surface area (Å²) in [6, 6.07) is 15.8. The summed E-state index contributed by atoms with van der Waals surface area (Å²) in [6.45, 7) is 2.01. The predicted molar refractivity (Wildman–Crippen MR) is 138 cm³/mol. The van der Waals surface area contributed by atoms with E-state index < -0.39 is 0 Å². The van der Waals surface area contributed by atoms with Gasteiger partial charge < -0.3 is 4.98 Å². The van der Waals surface area contributed by atoms with Crippen LogP contribution in [0.2, 0.25) is 5.02 Å². The Kier molecular flexibility index (Phi) is 4.73. The van der Waals surface area contributed by atoms with Gasteiger partial charge in [0, 0.05) is 21.1 Å². The average Bonchev–Trinajstić information content (AvgIpc) is 3.54. The number of rotatable bonds is 2. The van der Waals surface area contributed by atoms with Crippen molar-refractivity contribution in [1.29, 1.82) is 0 Å². The minimum Gasteiger partial charge on any atom is -0.332 e. The standard InChI is InChI=1S/C26H21ClN2O2S3/c1-11-2-8-14(9-3-11)29-24(30)19-15-10-16(20(19)25(29)31)21-18(15)17(12-4-6-13(27)7-5-12)22-23(33-21)28-26(32)34-22/h2-9,15-21H,10H2,1H3,(H,28,32). The number of aromatic amines is 1. The van der Waals surface area contributed by atoms with E-state index in [1.807, 2.05) is 55.1 Å². The molecule has 2 amide bonds. The number of aryl methyl sites for hydroxylation is 1. The van der Waals surface area contributed by atoms with Crippen molar-refractivity contribution in [2.45, 2.75) is 29.5 Å². The Bertz CT molecular complexity index is 1400. The lowest BCUT2D eigenvalue weighted by molar-refractivity contribution is -0.123. The third-order valence-corrected chi connectivity index (χ3v) is 11.4. The molecule has 1 saturated heterocycles. The molecule has 172 valence electrons. The molecule has 3 aromatic rings. The molecule has 1 N–H and O–H groups in total. The number of imide groups is 1.